The molecule has 0 bridgehead atoms. The van der Waals surface area contributed by atoms with Gasteiger partial charge in [-0.25, -0.2) is 0 Å². The lowest BCUT2D eigenvalue weighted by Gasteiger charge is -2.15. The Bertz CT molecular complexity index is 85.6. The van der Waals surface area contributed by atoms with E-state index in [1.165, 1.54) is 6.42 Å². The fourth-order valence-corrected chi connectivity index (χ4v) is 0.793. The van der Waals surface area contributed by atoms with Crippen molar-refractivity contribution in [3.63, 3.8) is 0 Å². The van der Waals surface area contributed by atoms with Crippen molar-refractivity contribution in [2.75, 3.05) is 20.2 Å². The highest BCUT2D eigenvalue weighted by atomic mass is 16.5. The molecule has 2 heteroatoms. The van der Waals surface area contributed by atoms with Crippen molar-refractivity contribution in [1.82, 2.24) is 5.32 Å². The van der Waals surface area contributed by atoms with E-state index in [0.717, 1.165) is 13.2 Å². The summed E-state index contributed by atoms with van der Waals surface area (Å²) in [5.41, 5.74) is 0. The van der Waals surface area contributed by atoms with Crippen LogP contribution in [0.3, 0.4) is 0 Å². The van der Waals surface area contributed by atoms with Crippen LogP contribution in [0.15, 0.2) is 0 Å². The summed E-state index contributed by atoms with van der Waals surface area (Å²) in [6.07, 6.45) is 1.54. The van der Waals surface area contributed by atoms with Gasteiger partial charge in [0.2, 0.25) is 0 Å². The summed E-state index contributed by atoms with van der Waals surface area (Å²) >= 11 is 0. The van der Waals surface area contributed by atoms with E-state index in [0.29, 0.717) is 12.0 Å². The highest BCUT2D eigenvalue weighted by Gasteiger charge is 2.03. The molecule has 0 amide bonds. The lowest BCUT2D eigenvalue weighted by Crippen LogP contribution is -2.25. The number of nitrogens with one attached hydrogen (secondary N) is 1. The molecule has 0 aromatic rings. The second-order valence-corrected chi connectivity index (χ2v) is 3.22. The van der Waals surface area contributed by atoms with E-state index < -0.39 is 0 Å². The highest BCUT2D eigenvalue weighted by molar-refractivity contribution is 4.54. The maximum absolute atomic E-state index is 5.57. The van der Waals surface area contributed by atoms with E-state index in [-0.39, 0.29) is 0 Å². The molecule has 1 N–H and O–H groups in total. The first-order valence-electron chi connectivity index (χ1n) is 4.46. The van der Waals surface area contributed by atoms with Crippen molar-refractivity contribution in [2.45, 2.75) is 33.3 Å². The van der Waals surface area contributed by atoms with Gasteiger partial charge in [-0.15, -0.1) is 0 Å². The summed E-state index contributed by atoms with van der Waals surface area (Å²) in [7, 11) is 1.95. The molecular formula is C9H21NO. The predicted molar refractivity (Wildman–Crippen MR) is 48.8 cm³/mol. The molecule has 0 aromatic carbocycles. The van der Waals surface area contributed by atoms with Crippen molar-refractivity contribution < 1.29 is 4.74 Å². The van der Waals surface area contributed by atoms with Gasteiger partial charge in [0.25, 0.3) is 0 Å². The molecular weight excluding hydrogens is 138 g/mol. The van der Waals surface area contributed by atoms with Crippen LogP contribution in [-0.2, 0) is 4.74 Å². The minimum Gasteiger partial charge on any atom is -0.377 e. The van der Waals surface area contributed by atoms with E-state index in [1.54, 1.807) is 0 Å². The Labute approximate surface area is 70.3 Å². The van der Waals surface area contributed by atoms with Gasteiger partial charge >= 0.3 is 0 Å². The van der Waals surface area contributed by atoms with Crippen molar-refractivity contribution >= 4 is 0 Å². The van der Waals surface area contributed by atoms with Gasteiger partial charge in [-0.3, -0.25) is 0 Å². The Morgan fingerprint density at radius 1 is 1.36 bits per heavy atom. The van der Waals surface area contributed by atoms with Crippen LogP contribution in [0.2, 0.25) is 0 Å². The van der Waals surface area contributed by atoms with Gasteiger partial charge in [0.05, 0.1) is 6.10 Å². The van der Waals surface area contributed by atoms with Crippen LogP contribution in [0, 0.1) is 5.92 Å². The number of likely N-dealkylation sites (N-methyl/N-ethyl adjacent to an activating group) is 1. The molecule has 68 valence electrons. The molecule has 2 nitrogen and oxygen atoms in total. The van der Waals surface area contributed by atoms with Gasteiger partial charge in [-0.05, 0) is 19.9 Å². The first-order chi connectivity index (χ1) is 5.20. The zero-order chi connectivity index (χ0) is 8.69. The number of rotatable bonds is 6. The van der Waals surface area contributed by atoms with Gasteiger partial charge in [0, 0.05) is 13.2 Å². The molecule has 0 fully saturated rings. The van der Waals surface area contributed by atoms with Crippen LogP contribution in [-0.4, -0.2) is 26.3 Å². The fraction of sp³-hybridized carbons (Fsp3) is 1.00. The van der Waals surface area contributed by atoms with Crippen molar-refractivity contribution in [2.24, 2.45) is 5.92 Å². The molecule has 2 atom stereocenters. The van der Waals surface area contributed by atoms with E-state index >= 15 is 0 Å². The minimum absolute atomic E-state index is 0.342. The van der Waals surface area contributed by atoms with Crippen molar-refractivity contribution in [1.29, 1.82) is 0 Å². The summed E-state index contributed by atoms with van der Waals surface area (Å²) in [4.78, 5) is 0. The van der Waals surface area contributed by atoms with Gasteiger partial charge < -0.3 is 10.1 Å². The van der Waals surface area contributed by atoms with Crippen LogP contribution in [0.5, 0.6) is 0 Å². The molecule has 0 aliphatic carbocycles. The minimum atomic E-state index is 0.342. The Hall–Kier alpha value is -0.0800. The third-order valence-corrected chi connectivity index (χ3v) is 1.85. The summed E-state index contributed by atoms with van der Waals surface area (Å²) in [6.45, 7) is 8.33. The molecule has 0 aromatic heterocycles. The molecule has 0 aliphatic heterocycles. The zero-order valence-corrected chi connectivity index (χ0v) is 8.18. The number of ether oxygens (including phenoxy) is 1. The fourth-order valence-electron chi connectivity index (χ4n) is 0.793. The highest BCUT2D eigenvalue weighted by Crippen LogP contribution is 2.02. The standard InChI is InChI=1S/C9H21NO/c1-5-8(2)7-11-9(3)6-10-4/h8-10H,5-7H2,1-4H3. The van der Waals surface area contributed by atoms with Crippen LogP contribution < -0.4 is 5.32 Å². The quantitative estimate of drug-likeness (QED) is 0.636. The summed E-state index contributed by atoms with van der Waals surface area (Å²) in [6, 6.07) is 0. The first-order valence-corrected chi connectivity index (χ1v) is 4.46. The topological polar surface area (TPSA) is 21.3 Å². The van der Waals surface area contributed by atoms with Gasteiger partial charge in [0.1, 0.15) is 0 Å². The van der Waals surface area contributed by atoms with Crippen LogP contribution >= 0.6 is 0 Å². The lowest BCUT2D eigenvalue weighted by molar-refractivity contribution is 0.0445. The molecule has 11 heavy (non-hydrogen) atoms. The molecule has 0 heterocycles. The maximum Gasteiger partial charge on any atom is 0.0671 e. The van der Waals surface area contributed by atoms with Crippen LogP contribution in [0.4, 0.5) is 0 Å². The van der Waals surface area contributed by atoms with Gasteiger partial charge in [0.15, 0.2) is 0 Å². The van der Waals surface area contributed by atoms with Crippen molar-refractivity contribution in [3.8, 4) is 0 Å². The van der Waals surface area contributed by atoms with E-state index in [2.05, 4.69) is 26.1 Å². The van der Waals surface area contributed by atoms with Crippen molar-refractivity contribution in [3.05, 3.63) is 0 Å². The largest absolute Gasteiger partial charge is 0.377 e. The summed E-state index contributed by atoms with van der Waals surface area (Å²) in [5.74, 6) is 0.689. The van der Waals surface area contributed by atoms with Gasteiger partial charge in [-0.2, -0.15) is 0 Å². The monoisotopic (exact) mass is 159 g/mol. The zero-order valence-electron chi connectivity index (χ0n) is 8.18. The van der Waals surface area contributed by atoms with Crippen LogP contribution in [0.1, 0.15) is 27.2 Å². The van der Waals surface area contributed by atoms with Crippen LogP contribution in [0.25, 0.3) is 0 Å². The lowest BCUT2D eigenvalue weighted by atomic mass is 10.1. The Kier molecular flexibility index (Phi) is 6.57. The SMILES string of the molecule is CCC(C)COC(C)CNC. The average Bonchev–Trinajstić information content (AvgIpc) is 2.01. The second-order valence-electron chi connectivity index (χ2n) is 3.22. The average molecular weight is 159 g/mol. The molecule has 0 radical (unpaired) electrons. The third kappa shape index (κ3) is 6.32. The Morgan fingerprint density at radius 2 is 2.00 bits per heavy atom. The Balaban J connectivity index is 3.22. The number of hydrogen-bond acceptors (Lipinski definition) is 2. The normalized spacial score (nSPS) is 16.4. The molecule has 0 aliphatic rings. The predicted octanol–water partition coefficient (Wildman–Crippen LogP) is 1.66. The van der Waals surface area contributed by atoms with E-state index in [9.17, 15) is 0 Å². The summed E-state index contributed by atoms with van der Waals surface area (Å²) in [5, 5.41) is 3.08. The second kappa shape index (κ2) is 6.62. The van der Waals surface area contributed by atoms with E-state index in [4.69, 9.17) is 4.74 Å². The molecule has 0 spiro atoms. The summed E-state index contributed by atoms with van der Waals surface area (Å²) < 4.78 is 5.57. The van der Waals surface area contributed by atoms with Gasteiger partial charge in [-0.1, -0.05) is 20.3 Å². The molecule has 0 rings (SSSR count). The maximum atomic E-state index is 5.57. The number of hydrogen-bond donors (Lipinski definition) is 1. The first kappa shape index (κ1) is 10.9. The Morgan fingerprint density at radius 3 is 2.45 bits per heavy atom. The smallest absolute Gasteiger partial charge is 0.0671 e. The third-order valence-electron chi connectivity index (χ3n) is 1.85. The molecule has 0 saturated heterocycles. The molecule has 2 unspecified atom stereocenters. The van der Waals surface area contributed by atoms with E-state index in [1.807, 2.05) is 7.05 Å². The molecule has 0 saturated carbocycles.